The summed E-state index contributed by atoms with van der Waals surface area (Å²) in [6.07, 6.45) is 1.13. The first-order chi connectivity index (χ1) is 8.61. The zero-order chi connectivity index (χ0) is 13.1. The molecule has 1 aromatic carbocycles. The summed E-state index contributed by atoms with van der Waals surface area (Å²) in [5, 5.41) is 1.29. The number of halogens is 1. The fourth-order valence-corrected chi connectivity index (χ4v) is 1.81. The summed E-state index contributed by atoms with van der Waals surface area (Å²) in [6, 6.07) is 6.98. The first kappa shape index (κ1) is 12.5. The lowest BCUT2D eigenvalue weighted by atomic mass is 10.1. The van der Waals surface area contributed by atoms with E-state index >= 15 is 0 Å². The van der Waals surface area contributed by atoms with Gasteiger partial charge in [-0.25, -0.2) is 0 Å². The Labute approximate surface area is 109 Å². The Bertz CT molecular complexity index is 625. The van der Waals surface area contributed by atoms with Crippen molar-refractivity contribution in [3.05, 3.63) is 41.0 Å². The molecule has 0 spiro atoms. The van der Waals surface area contributed by atoms with Gasteiger partial charge in [-0.1, -0.05) is 23.7 Å². The molecule has 1 aromatic heterocycles. The van der Waals surface area contributed by atoms with Gasteiger partial charge in [-0.2, -0.15) is 0 Å². The van der Waals surface area contributed by atoms with Crippen LogP contribution in [-0.4, -0.2) is 23.8 Å². The molecule has 0 N–H and O–H groups in total. The fraction of sp³-hybridized carbons (Fsp3) is 0.154. The number of hydrogen-bond acceptors (Lipinski definition) is 4. The Morgan fingerprint density at radius 2 is 2.17 bits per heavy atom. The third-order valence-electron chi connectivity index (χ3n) is 2.52. The minimum Gasteiger partial charge on any atom is -0.469 e. The molecule has 1 heterocycles. The summed E-state index contributed by atoms with van der Waals surface area (Å²) in [5.41, 5.74) is 1.00. The summed E-state index contributed by atoms with van der Waals surface area (Å²) in [7, 11) is 1.24. The quantitative estimate of drug-likeness (QED) is 0.485. The number of hydrogen-bond donors (Lipinski definition) is 0. The molecule has 0 saturated carbocycles. The summed E-state index contributed by atoms with van der Waals surface area (Å²) in [5.74, 6) is -0.887. The standard InChI is InChI=1S/C13H10ClNO3/c1-18-12(17)6-11(16)9-5-8-3-2-4-10(14)13(8)15-7-9/h2-5,7H,6H2,1H3. The van der Waals surface area contributed by atoms with E-state index in [0.717, 1.165) is 5.39 Å². The van der Waals surface area contributed by atoms with Gasteiger partial charge in [0, 0.05) is 17.1 Å². The van der Waals surface area contributed by atoms with Crippen molar-refractivity contribution in [3.63, 3.8) is 0 Å². The number of ether oxygens (including phenoxy) is 1. The van der Waals surface area contributed by atoms with Gasteiger partial charge >= 0.3 is 5.97 Å². The van der Waals surface area contributed by atoms with Crippen LogP contribution in [0.4, 0.5) is 0 Å². The van der Waals surface area contributed by atoms with E-state index in [1.54, 1.807) is 18.2 Å². The Morgan fingerprint density at radius 3 is 2.89 bits per heavy atom. The number of para-hydroxylation sites is 1. The number of Topliss-reactive ketones (excluding diaryl/α,β-unsaturated/α-hetero) is 1. The van der Waals surface area contributed by atoms with Gasteiger partial charge in [0.2, 0.25) is 0 Å². The zero-order valence-corrected chi connectivity index (χ0v) is 10.4. The van der Waals surface area contributed by atoms with Crippen LogP contribution in [0.5, 0.6) is 0 Å². The van der Waals surface area contributed by atoms with E-state index < -0.39 is 5.97 Å². The van der Waals surface area contributed by atoms with Crippen molar-refractivity contribution in [1.82, 2.24) is 4.98 Å². The highest BCUT2D eigenvalue weighted by Gasteiger charge is 2.13. The van der Waals surface area contributed by atoms with Crippen molar-refractivity contribution in [1.29, 1.82) is 0 Å². The van der Waals surface area contributed by atoms with E-state index in [-0.39, 0.29) is 12.2 Å². The average Bonchev–Trinajstić information content (AvgIpc) is 2.38. The van der Waals surface area contributed by atoms with Gasteiger partial charge in [0.1, 0.15) is 6.42 Å². The Balaban J connectivity index is 2.36. The molecule has 0 amide bonds. The zero-order valence-electron chi connectivity index (χ0n) is 9.64. The van der Waals surface area contributed by atoms with E-state index in [1.165, 1.54) is 13.3 Å². The number of methoxy groups -OCH3 is 1. The van der Waals surface area contributed by atoms with Crippen LogP contribution in [0, 0.1) is 0 Å². The molecule has 0 saturated heterocycles. The van der Waals surface area contributed by atoms with Crippen LogP contribution in [0.15, 0.2) is 30.5 Å². The highest BCUT2D eigenvalue weighted by molar-refractivity contribution is 6.35. The van der Waals surface area contributed by atoms with Gasteiger partial charge in [-0.05, 0) is 12.1 Å². The van der Waals surface area contributed by atoms with Crippen LogP contribution < -0.4 is 0 Å². The SMILES string of the molecule is COC(=O)CC(=O)c1cnc2c(Cl)cccc2c1. The molecule has 2 rings (SSSR count). The van der Waals surface area contributed by atoms with Gasteiger partial charge in [0.25, 0.3) is 0 Å². The number of ketones is 1. The molecule has 0 aliphatic rings. The second-order valence-electron chi connectivity index (χ2n) is 3.71. The number of aromatic nitrogens is 1. The maximum Gasteiger partial charge on any atom is 0.313 e. The predicted molar refractivity (Wildman–Crippen MR) is 67.7 cm³/mol. The minimum atomic E-state index is -0.564. The van der Waals surface area contributed by atoms with Crippen molar-refractivity contribution in [2.45, 2.75) is 6.42 Å². The van der Waals surface area contributed by atoms with Gasteiger partial charge < -0.3 is 4.74 Å². The van der Waals surface area contributed by atoms with E-state index in [4.69, 9.17) is 11.6 Å². The van der Waals surface area contributed by atoms with Crippen LogP contribution in [0.2, 0.25) is 5.02 Å². The highest BCUT2D eigenvalue weighted by Crippen LogP contribution is 2.22. The summed E-state index contributed by atoms with van der Waals surface area (Å²) in [6.45, 7) is 0. The minimum absolute atomic E-state index is 0.287. The molecule has 18 heavy (non-hydrogen) atoms. The average molecular weight is 264 g/mol. The molecular formula is C13H10ClNO3. The smallest absolute Gasteiger partial charge is 0.313 e. The first-order valence-electron chi connectivity index (χ1n) is 5.26. The Hall–Kier alpha value is -1.94. The Kier molecular flexibility index (Phi) is 3.58. The van der Waals surface area contributed by atoms with E-state index in [1.807, 2.05) is 6.07 Å². The summed E-state index contributed by atoms with van der Waals surface area (Å²) in [4.78, 5) is 26.9. The topological polar surface area (TPSA) is 56.3 Å². The van der Waals surface area contributed by atoms with Crippen molar-refractivity contribution >= 4 is 34.3 Å². The maximum atomic E-state index is 11.8. The molecule has 0 unspecified atom stereocenters. The molecule has 0 aliphatic carbocycles. The lowest BCUT2D eigenvalue weighted by molar-refractivity contribution is -0.139. The molecule has 0 aliphatic heterocycles. The fourth-order valence-electron chi connectivity index (χ4n) is 1.58. The third kappa shape index (κ3) is 2.49. The third-order valence-corrected chi connectivity index (χ3v) is 2.82. The maximum absolute atomic E-state index is 11.8. The largest absolute Gasteiger partial charge is 0.469 e. The van der Waals surface area contributed by atoms with Gasteiger partial charge in [0.15, 0.2) is 5.78 Å². The molecular weight excluding hydrogens is 254 g/mol. The lowest BCUT2D eigenvalue weighted by Gasteiger charge is -2.03. The van der Waals surface area contributed by atoms with Crippen molar-refractivity contribution < 1.29 is 14.3 Å². The number of carbonyl (C=O) groups excluding carboxylic acids is 2. The van der Waals surface area contributed by atoms with Crippen LogP contribution in [0.25, 0.3) is 10.9 Å². The molecule has 0 atom stereocenters. The van der Waals surface area contributed by atoms with E-state index in [0.29, 0.717) is 16.1 Å². The van der Waals surface area contributed by atoms with Gasteiger partial charge in [0.05, 0.1) is 17.6 Å². The van der Waals surface area contributed by atoms with Crippen molar-refractivity contribution in [2.24, 2.45) is 0 Å². The number of benzene rings is 1. The highest BCUT2D eigenvalue weighted by atomic mass is 35.5. The second kappa shape index (κ2) is 5.14. The number of esters is 1. The van der Waals surface area contributed by atoms with Crippen molar-refractivity contribution in [3.8, 4) is 0 Å². The molecule has 0 bridgehead atoms. The normalized spacial score (nSPS) is 10.3. The van der Waals surface area contributed by atoms with Crippen LogP contribution in [0.1, 0.15) is 16.8 Å². The van der Waals surface area contributed by atoms with E-state index in [2.05, 4.69) is 9.72 Å². The number of pyridine rings is 1. The summed E-state index contributed by atoms with van der Waals surface area (Å²) >= 11 is 5.97. The van der Waals surface area contributed by atoms with Gasteiger partial charge in [-0.3, -0.25) is 14.6 Å². The molecule has 2 aromatic rings. The molecule has 92 valence electrons. The molecule has 4 nitrogen and oxygen atoms in total. The number of fused-ring (bicyclic) bond motifs is 1. The number of carbonyl (C=O) groups is 2. The first-order valence-corrected chi connectivity index (χ1v) is 5.64. The molecule has 0 fully saturated rings. The number of rotatable bonds is 3. The lowest BCUT2D eigenvalue weighted by Crippen LogP contribution is -2.09. The van der Waals surface area contributed by atoms with Crippen LogP contribution in [0.3, 0.4) is 0 Å². The molecule has 5 heteroatoms. The number of nitrogens with zero attached hydrogens (tertiary/aromatic N) is 1. The Morgan fingerprint density at radius 1 is 1.39 bits per heavy atom. The van der Waals surface area contributed by atoms with Crippen LogP contribution in [-0.2, 0) is 9.53 Å². The van der Waals surface area contributed by atoms with Crippen molar-refractivity contribution in [2.75, 3.05) is 7.11 Å². The second-order valence-corrected chi connectivity index (χ2v) is 4.12. The van der Waals surface area contributed by atoms with Crippen LogP contribution >= 0.6 is 11.6 Å². The van der Waals surface area contributed by atoms with Gasteiger partial charge in [-0.15, -0.1) is 0 Å². The predicted octanol–water partition coefficient (Wildman–Crippen LogP) is 2.63. The summed E-state index contributed by atoms with van der Waals surface area (Å²) < 4.78 is 4.45. The molecule has 0 radical (unpaired) electrons. The van der Waals surface area contributed by atoms with E-state index in [9.17, 15) is 9.59 Å². The monoisotopic (exact) mass is 263 g/mol.